The Morgan fingerprint density at radius 2 is 0.545 bits per heavy atom. The third-order valence-corrected chi connectivity index (χ3v) is 11.9. The summed E-state index contributed by atoms with van der Waals surface area (Å²) in [7, 11) is 0. The number of hydrogen-bond donors (Lipinski definition) is 0. The Balaban J connectivity index is 4.46. The van der Waals surface area contributed by atoms with Gasteiger partial charge in [0.2, 0.25) is 0 Å². The zero-order chi connectivity index (χ0) is 47.9. The highest BCUT2D eigenvalue weighted by molar-refractivity contribution is 5.71. The lowest BCUT2D eigenvalue weighted by Crippen LogP contribution is -2.30. The third kappa shape index (κ3) is 51.8. The molecule has 380 valence electrons. The van der Waals surface area contributed by atoms with Gasteiger partial charge in [-0.25, -0.2) is 0 Å². The zero-order valence-electron chi connectivity index (χ0n) is 43.4. The highest BCUT2D eigenvalue weighted by Gasteiger charge is 2.19. The van der Waals surface area contributed by atoms with Crippen molar-refractivity contribution >= 4 is 17.9 Å². The Kier molecular flexibility index (Phi) is 51.9. The number of hydrogen-bond acceptors (Lipinski definition) is 6. The van der Waals surface area contributed by atoms with Crippen LogP contribution < -0.4 is 0 Å². The van der Waals surface area contributed by atoms with Crippen LogP contribution in [-0.2, 0) is 28.6 Å². The van der Waals surface area contributed by atoms with Crippen molar-refractivity contribution in [2.75, 3.05) is 13.2 Å². The molecule has 0 rings (SSSR count). The highest BCUT2D eigenvalue weighted by atomic mass is 16.6. The largest absolute Gasteiger partial charge is 0.462 e. The van der Waals surface area contributed by atoms with Gasteiger partial charge in [-0.3, -0.25) is 14.4 Å². The first-order valence-corrected chi connectivity index (χ1v) is 27.9. The standard InChI is InChI=1S/C60H104O6/c1-4-7-10-13-16-19-22-25-28-29-30-31-33-35-38-41-44-47-50-53-59(62)65-56-57(55-64-58(61)52-49-46-43-40-37-34-27-24-21-18-15-12-9-6-3)66-60(63)54-51-48-45-42-39-36-32-26-23-20-17-14-11-8-5-2/h16,19,24-28,30-32,35,38,57H,4-15,17-18,20-23,29,33-34,36-37,39-56H2,1-3H3/b19-16-,27-24-,28-25-,31-30-,32-26-,38-35-/t57-/m1/s1. The monoisotopic (exact) mass is 921 g/mol. The molecule has 0 aromatic carbocycles. The Labute approximate surface area is 408 Å². The maximum atomic E-state index is 12.8. The minimum atomic E-state index is -0.796. The normalized spacial score (nSPS) is 12.6. The lowest BCUT2D eigenvalue weighted by atomic mass is 10.1. The first kappa shape index (κ1) is 62.8. The van der Waals surface area contributed by atoms with E-state index < -0.39 is 6.10 Å². The average Bonchev–Trinajstić information content (AvgIpc) is 3.31. The fraction of sp³-hybridized carbons (Fsp3) is 0.750. The van der Waals surface area contributed by atoms with Crippen molar-refractivity contribution in [1.29, 1.82) is 0 Å². The van der Waals surface area contributed by atoms with Gasteiger partial charge in [0, 0.05) is 19.3 Å². The van der Waals surface area contributed by atoms with E-state index in [2.05, 4.69) is 93.7 Å². The molecule has 0 unspecified atom stereocenters. The summed E-state index contributed by atoms with van der Waals surface area (Å²) >= 11 is 0. The fourth-order valence-corrected chi connectivity index (χ4v) is 7.65. The minimum absolute atomic E-state index is 0.0930. The predicted molar refractivity (Wildman–Crippen MR) is 284 cm³/mol. The van der Waals surface area contributed by atoms with E-state index in [0.717, 1.165) is 103 Å². The second kappa shape index (κ2) is 54.5. The summed E-state index contributed by atoms with van der Waals surface area (Å²) in [6, 6.07) is 0. The molecule has 0 heterocycles. The van der Waals surface area contributed by atoms with E-state index in [1.165, 1.54) is 128 Å². The van der Waals surface area contributed by atoms with Crippen molar-refractivity contribution in [3.05, 3.63) is 72.9 Å². The number of carbonyl (C=O) groups is 3. The van der Waals surface area contributed by atoms with Gasteiger partial charge in [0.05, 0.1) is 0 Å². The quantitative estimate of drug-likeness (QED) is 0.0262. The summed E-state index contributed by atoms with van der Waals surface area (Å²) < 4.78 is 16.8. The smallest absolute Gasteiger partial charge is 0.306 e. The molecule has 6 nitrogen and oxygen atoms in total. The maximum absolute atomic E-state index is 12.8. The molecule has 0 bridgehead atoms. The average molecular weight is 921 g/mol. The van der Waals surface area contributed by atoms with Gasteiger partial charge in [-0.2, -0.15) is 0 Å². The summed E-state index contributed by atoms with van der Waals surface area (Å²) in [4.78, 5) is 38.1. The lowest BCUT2D eigenvalue weighted by Gasteiger charge is -2.18. The Morgan fingerprint density at radius 1 is 0.303 bits per heavy atom. The van der Waals surface area contributed by atoms with E-state index >= 15 is 0 Å². The van der Waals surface area contributed by atoms with Crippen molar-refractivity contribution in [1.82, 2.24) is 0 Å². The van der Waals surface area contributed by atoms with Gasteiger partial charge in [-0.15, -0.1) is 0 Å². The molecule has 0 saturated carbocycles. The number of esters is 3. The summed E-state index contributed by atoms with van der Waals surface area (Å²) in [5.41, 5.74) is 0. The number of allylic oxidation sites excluding steroid dienone is 12. The second-order valence-corrected chi connectivity index (χ2v) is 18.5. The molecule has 0 aliphatic carbocycles. The van der Waals surface area contributed by atoms with Crippen molar-refractivity contribution in [2.24, 2.45) is 0 Å². The molecule has 0 N–H and O–H groups in total. The van der Waals surface area contributed by atoms with E-state index in [1.54, 1.807) is 0 Å². The van der Waals surface area contributed by atoms with Gasteiger partial charge in [-0.05, 0) is 116 Å². The van der Waals surface area contributed by atoms with E-state index in [4.69, 9.17) is 14.2 Å². The van der Waals surface area contributed by atoms with Gasteiger partial charge in [0.15, 0.2) is 6.10 Å². The topological polar surface area (TPSA) is 78.9 Å². The Morgan fingerprint density at radius 3 is 0.909 bits per heavy atom. The van der Waals surface area contributed by atoms with Gasteiger partial charge in [0.1, 0.15) is 13.2 Å². The van der Waals surface area contributed by atoms with Crippen molar-refractivity contribution in [3.8, 4) is 0 Å². The van der Waals surface area contributed by atoms with E-state index in [1.807, 2.05) is 0 Å². The molecule has 0 spiro atoms. The molecule has 1 atom stereocenters. The summed E-state index contributed by atoms with van der Waals surface area (Å²) in [6.07, 6.45) is 68.8. The van der Waals surface area contributed by atoms with Gasteiger partial charge in [-0.1, -0.05) is 209 Å². The van der Waals surface area contributed by atoms with E-state index in [9.17, 15) is 14.4 Å². The van der Waals surface area contributed by atoms with Gasteiger partial charge >= 0.3 is 17.9 Å². The highest BCUT2D eigenvalue weighted by Crippen LogP contribution is 2.14. The van der Waals surface area contributed by atoms with Gasteiger partial charge in [0.25, 0.3) is 0 Å². The van der Waals surface area contributed by atoms with Crippen LogP contribution in [0.5, 0.6) is 0 Å². The first-order chi connectivity index (χ1) is 32.5. The number of carbonyl (C=O) groups excluding carboxylic acids is 3. The van der Waals surface area contributed by atoms with Crippen LogP contribution >= 0.6 is 0 Å². The van der Waals surface area contributed by atoms with Crippen molar-refractivity contribution in [2.45, 2.75) is 277 Å². The molecule has 6 heteroatoms. The fourth-order valence-electron chi connectivity index (χ4n) is 7.65. The van der Waals surface area contributed by atoms with Crippen LogP contribution in [-0.4, -0.2) is 37.2 Å². The van der Waals surface area contributed by atoms with Crippen molar-refractivity contribution < 1.29 is 28.6 Å². The molecule has 0 radical (unpaired) electrons. The molecule has 0 aromatic heterocycles. The molecule has 66 heavy (non-hydrogen) atoms. The van der Waals surface area contributed by atoms with E-state index in [-0.39, 0.29) is 31.1 Å². The Hall–Kier alpha value is -3.15. The molecular formula is C60H104O6. The van der Waals surface area contributed by atoms with Crippen LogP contribution in [0.15, 0.2) is 72.9 Å². The lowest BCUT2D eigenvalue weighted by molar-refractivity contribution is -0.167. The van der Waals surface area contributed by atoms with Crippen LogP contribution in [0, 0.1) is 0 Å². The van der Waals surface area contributed by atoms with Crippen LogP contribution in [0.25, 0.3) is 0 Å². The van der Waals surface area contributed by atoms with Crippen LogP contribution in [0.1, 0.15) is 271 Å². The number of rotatable bonds is 50. The summed E-state index contributed by atoms with van der Waals surface area (Å²) in [5.74, 6) is -0.936. The first-order valence-electron chi connectivity index (χ1n) is 27.9. The number of unbranched alkanes of at least 4 members (excludes halogenated alkanes) is 27. The number of ether oxygens (including phenoxy) is 3. The SMILES string of the molecule is CCCCC/C=C\C/C=C\C/C=C\C/C=C\CCCCCC(=O)OC[C@@H](COC(=O)CCCCCCC/C=C\CCCCCCC)OC(=O)CCCCCCC/C=C\CCCCCCCC. The molecule has 0 aliphatic heterocycles. The van der Waals surface area contributed by atoms with Crippen molar-refractivity contribution in [3.63, 3.8) is 0 Å². The van der Waals surface area contributed by atoms with E-state index in [0.29, 0.717) is 19.3 Å². The molecule has 0 aromatic rings. The van der Waals surface area contributed by atoms with Crippen LogP contribution in [0.3, 0.4) is 0 Å². The zero-order valence-corrected chi connectivity index (χ0v) is 43.4. The summed E-state index contributed by atoms with van der Waals surface area (Å²) in [6.45, 7) is 6.56. The molecule has 0 saturated heterocycles. The summed E-state index contributed by atoms with van der Waals surface area (Å²) in [5, 5.41) is 0. The molecular weight excluding hydrogens is 817 g/mol. The Bertz CT molecular complexity index is 1240. The maximum Gasteiger partial charge on any atom is 0.306 e. The van der Waals surface area contributed by atoms with Crippen LogP contribution in [0.2, 0.25) is 0 Å². The van der Waals surface area contributed by atoms with Crippen LogP contribution in [0.4, 0.5) is 0 Å². The second-order valence-electron chi connectivity index (χ2n) is 18.5. The third-order valence-electron chi connectivity index (χ3n) is 11.9. The minimum Gasteiger partial charge on any atom is -0.462 e. The molecule has 0 fully saturated rings. The molecule has 0 aliphatic rings. The molecule has 0 amide bonds. The predicted octanol–water partition coefficient (Wildman–Crippen LogP) is 18.6. The van der Waals surface area contributed by atoms with Gasteiger partial charge < -0.3 is 14.2 Å².